The highest BCUT2D eigenvalue weighted by atomic mass is 16.1. The van der Waals surface area contributed by atoms with E-state index in [0.29, 0.717) is 13.1 Å². The van der Waals surface area contributed by atoms with Crippen LogP contribution in [0.4, 0.5) is 0 Å². The van der Waals surface area contributed by atoms with Crippen molar-refractivity contribution in [3.63, 3.8) is 0 Å². The molecule has 0 radical (unpaired) electrons. The third kappa shape index (κ3) is 4.16. The number of nitrogens with zero attached hydrogens (tertiary/aromatic N) is 1. The zero-order valence-electron chi connectivity index (χ0n) is 9.15. The molecule has 1 unspecified atom stereocenters. The van der Waals surface area contributed by atoms with Gasteiger partial charge >= 0.3 is 0 Å². The van der Waals surface area contributed by atoms with Crippen LogP contribution in [0.1, 0.15) is 13.3 Å². The first-order chi connectivity index (χ1) is 7.24. The van der Waals surface area contributed by atoms with E-state index >= 15 is 0 Å². The number of hydrogen-bond acceptors (Lipinski definition) is 2. The number of carbonyl (C=O) groups excluding carboxylic acids is 1. The standard InChI is InChI=1S/C11H19N3O/c1-10(4-5-12)11(15)13-6-9-14-7-2-3-8-14/h2-3,7-8,10H,4-6,9,12H2,1H3,(H,13,15). The molecule has 4 nitrogen and oxygen atoms in total. The van der Waals surface area contributed by atoms with Gasteiger partial charge in [0.2, 0.25) is 5.91 Å². The van der Waals surface area contributed by atoms with Crippen molar-refractivity contribution in [1.82, 2.24) is 9.88 Å². The number of amides is 1. The Kier molecular flexibility index (Phi) is 4.90. The molecule has 0 spiro atoms. The van der Waals surface area contributed by atoms with Crippen LogP contribution in [0.25, 0.3) is 0 Å². The summed E-state index contributed by atoms with van der Waals surface area (Å²) >= 11 is 0. The van der Waals surface area contributed by atoms with Gasteiger partial charge in [0.25, 0.3) is 0 Å². The topological polar surface area (TPSA) is 60.1 Å². The number of aromatic nitrogens is 1. The Hall–Kier alpha value is -1.29. The minimum atomic E-state index is 0.0136. The van der Waals surface area contributed by atoms with E-state index in [4.69, 9.17) is 5.73 Å². The lowest BCUT2D eigenvalue weighted by Crippen LogP contribution is -2.32. The molecular weight excluding hydrogens is 190 g/mol. The van der Waals surface area contributed by atoms with E-state index in [9.17, 15) is 4.79 Å². The Morgan fingerprint density at radius 2 is 2.13 bits per heavy atom. The predicted octanol–water partition coefficient (Wildman–Crippen LogP) is 0.589. The molecule has 15 heavy (non-hydrogen) atoms. The van der Waals surface area contributed by atoms with Crippen molar-refractivity contribution < 1.29 is 4.79 Å². The highest BCUT2D eigenvalue weighted by Crippen LogP contribution is 1.99. The molecule has 0 bridgehead atoms. The molecule has 1 rings (SSSR count). The third-order valence-corrected chi connectivity index (χ3v) is 2.38. The second kappa shape index (κ2) is 6.24. The summed E-state index contributed by atoms with van der Waals surface area (Å²) in [7, 11) is 0. The maximum absolute atomic E-state index is 11.5. The van der Waals surface area contributed by atoms with Gasteiger partial charge in [0.15, 0.2) is 0 Å². The molecule has 1 amide bonds. The number of hydrogen-bond donors (Lipinski definition) is 2. The SMILES string of the molecule is CC(CCN)C(=O)NCCn1cccc1. The molecule has 0 fully saturated rings. The fourth-order valence-corrected chi connectivity index (χ4v) is 1.38. The molecule has 1 aromatic rings. The fourth-order valence-electron chi connectivity index (χ4n) is 1.38. The first-order valence-electron chi connectivity index (χ1n) is 5.32. The number of carbonyl (C=O) groups is 1. The van der Waals surface area contributed by atoms with Crippen LogP contribution in [0.3, 0.4) is 0 Å². The minimum absolute atomic E-state index is 0.0136. The highest BCUT2D eigenvalue weighted by molar-refractivity contribution is 5.78. The Morgan fingerprint density at radius 3 is 2.73 bits per heavy atom. The summed E-state index contributed by atoms with van der Waals surface area (Å²) in [5.74, 6) is 0.104. The average molecular weight is 209 g/mol. The molecule has 4 heteroatoms. The van der Waals surface area contributed by atoms with Crippen molar-refractivity contribution in [2.45, 2.75) is 19.9 Å². The highest BCUT2D eigenvalue weighted by Gasteiger charge is 2.10. The lowest BCUT2D eigenvalue weighted by Gasteiger charge is -2.11. The summed E-state index contributed by atoms with van der Waals surface area (Å²) < 4.78 is 2.04. The lowest BCUT2D eigenvalue weighted by molar-refractivity contribution is -0.124. The van der Waals surface area contributed by atoms with Gasteiger partial charge in [-0.2, -0.15) is 0 Å². The Bertz CT molecular complexity index is 282. The van der Waals surface area contributed by atoms with Gasteiger partial charge in [0, 0.05) is 31.4 Å². The van der Waals surface area contributed by atoms with Crippen LogP contribution in [0.5, 0.6) is 0 Å². The van der Waals surface area contributed by atoms with E-state index in [-0.39, 0.29) is 11.8 Å². The second-order valence-electron chi connectivity index (χ2n) is 3.69. The molecule has 84 valence electrons. The molecular formula is C11H19N3O. The Labute approximate surface area is 90.5 Å². The zero-order chi connectivity index (χ0) is 11.1. The van der Waals surface area contributed by atoms with E-state index in [0.717, 1.165) is 13.0 Å². The summed E-state index contributed by atoms with van der Waals surface area (Å²) in [5.41, 5.74) is 5.39. The fraction of sp³-hybridized carbons (Fsp3) is 0.545. The van der Waals surface area contributed by atoms with Crippen molar-refractivity contribution in [3.8, 4) is 0 Å². The number of rotatable bonds is 6. The van der Waals surface area contributed by atoms with Crippen molar-refractivity contribution in [2.75, 3.05) is 13.1 Å². The molecule has 1 atom stereocenters. The van der Waals surface area contributed by atoms with E-state index in [1.54, 1.807) is 0 Å². The summed E-state index contributed by atoms with van der Waals surface area (Å²) in [4.78, 5) is 11.5. The van der Waals surface area contributed by atoms with Gasteiger partial charge in [0.1, 0.15) is 0 Å². The Balaban J connectivity index is 2.17. The van der Waals surface area contributed by atoms with Crippen LogP contribution in [0.2, 0.25) is 0 Å². The van der Waals surface area contributed by atoms with E-state index in [2.05, 4.69) is 5.32 Å². The van der Waals surface area contributed by atoms with E-state index < -0.39 is 0 Å². The van der Waals surface area contributed by atoms with Crippen molar-refractivity contribution in [3.05, 3.63) is 24.5 Å². The van der Waals surface area contributed by atoms with Crippen LogP contribution in [0, 0.1) is 5.92 Å². The van der Waals surface area contributed by atoms with Crippen molar-refractivity contribution in [2.24, 2.45) is 11.7 Å². The molecule has 0 aliphatic carbocycles. The molecule has 0 aromatic carbocycles. The first kappa shape index (κ1) is 11.8. The maximum atomic E-state index is 11.5. The summed E-state index contributed by atoms with van der Waals surface area (Å²) in [5, 5.41) is 2.89. The number of nitrogens with two attached hydrogens (primary N) is 1. The smallest absolute Gasteiger partial charge is 0.222 e. The monoisotopic (exact) mass is 209 g/mol. The van der Waals surface area contributed by atoms with Crippen LogP contribution >= 0.6 is 0 Å². The summed E-state index contributed by atoms with van der Waals surface area (Å²) in [6.45, 7) is 3.94. The van der Waals surface area contributed by atoms with Gasteiger partial charge in [-0.15, -0.1) is 0 Å². The van der Waals surface area contributed by atoms with E-state index in [1.807, 2.05) is 36.0 Å². The molecule has 1 aromatic heterocycles. The van der Waals surface area contributed by atoms with Gasteiger partial charge in [-0.25, -0.2) is 0 Å². The largest absolute Gasteiger partial charge is 0.354 e. The molecule has 3 N–H and O–H groups in total. The Morgan fingerprint density at radius 1 is 1.47 bits per heavy atom. The van der Waals surface area contributed by atoms with Crippen LogP contribution in [-0.2, 0) is 11.3 Å². The molecule has 0 aliphatic heterocycles. The van der Waals surface area contributed by atoms with Gasteiger partial charge < -0.3 is 15.6 Å². The van der Waals surface area contributed by atoms with Gasteiger partial charge in [0.05, 0.1) is 0 Å². The maximum Gasteiger partial charge on any atom is 0.222 e. The first-order valence-corrected chi connectivity index (χ1v) is 5.32. The number of nitrogens with one attached hydrogen (secondary N) is 1. The minimum Gasteiger partial charge on any atom is -0.354 e. The normalized spacial score (nSPS) is 12.4. The lowest BCUT2D eigenvalue weighted by atomic mass is 10.1. The van der Waals surface area contributed by atoms with E-state index in [1.165, 1.54) is 0 Å². The molecule has 0 aliphatic rings. The van der Waals surface area contributed by atoms with Crippen molar-refractivity contribution in [1.29, 1.82) is 0 Å². The molecule has 0 saturated carbocycles. The van der Waals surface area contributed by atoms with Gasteiger partial charge in [-0.1, -0.05) is 6.92 Å². The van der Waals surface area contributed by atoms with Crippen LogP contribution in [-0.4, -0.2) is 23.6 Å². The molecule has 1 heterocycles. The average Bonchev–Trinajstić information content (AvgIpc) is 2.71. The second-order valence-corrected chi connectivity index (χ2v) is 3.69. The molecule has 0 saturated heterocycles. The van der Waals surface area contributed by atoms with Gasteiger partial charge in [-0.3, -0.25) is 4.79 Å². The summed E-state index contributed by atoms with van der Waals surface area (Å²) in [6.07, 6.45) is 4.71. The zero-order valence-corrected chi connectivity index (χ0v) is 9.15. The van der Waals surface area contributed by atoms with Gasteiger partial charge in [-0.05, 0) is 25.1 Å². The predicted molar refractivity (Wildman–Crippen MR) is 60.3 cm³/mol. The quantitative estimate of drug-likeness (QED) is 0.720. The van der Waals surface area contributed by atoms with Crippen LogP contribution in [0.15, 0.2) is 24.5 Å². The third-order valence-electron chi connectivity index (χ3n) is 2.38. The van der Waals surface area contributed by atoms with Crippen molar-refractivity contribution >= 4 is 5.91 Å². The van der Waals surface area contributed by atoms with Crippen LogP contribution < -0.4 is 11.1 Å². The summed E-state index contributed by atoms with van der Waals surface area (Å²) in [6, 6.07) is 3.94.